The molecular weight excluding hydrogens is 244 g/mol. The second-order valence-electron chi connectivity index (χ2n) is 5.13. The van der Waals surface area contributed by atoms with Crippen LogP contribution in [0.5, 0.6) is 0 Å². The van der Waals surface area contributed by atoms with Gasteiger partial charge in [-0.2, -0.15) is 0 Å². The Morgan fingerprint density at radius 1 is 1.00 bits per heavy atom. The van der Waals surface area contributed by atoms with E-state index in [1.54, 1.807) is 6.07 Å². The van der Waals surface area contributed by atoms with E-state index in [1.165, 1.54) is 16.7 Å². The molecule has 3 rings (SSSR count). The van der Waals surface area contributed by atoms with Crippen LogP contribution < -0.4 is 0 Å². The number of fused-ring (bicyclic) bond motifs is 3. The lowest BCUT2D eigenvalue weighted by molar-refractivity contribution is 0.564. The van der Waals surface area contributed by atoms with Crippen molar-refractivity contribution in [3.05, 3.63) is 53.6 Å². The fourth-order valence-corrected chi connectivity index (χ4v) is 3.21. The first-order valence-electron chi connectivity index (χ1n) is 5.87. The van der Waals surface area contributed by atoms with Gasteiger partial charge in [0.25, 0.3) is 0 Å². The van der Waals surface area contributed by atoms with Crippen molar-refractivity contribution in [1.29, 1.82) is 0 Å². The van der Waals surface area contributed by atoms with Crippen molar-refractivity contribution >= 4 is 11.1 Å². The van der Waals surface area contributed by atoms with Gasteiger partial charge in [0, 0.05) is 5.41 Å². The summed E-state index contributed by atoms with van der Waals surface area (Å²) in [7, 11) is 0. The molecule has 0 radical (unpaired) electrons. The van der Waals surface area contributed by atoms with Crippen molar-refractivity contribution in [3.63, 3.8) is 0 Å². The van der Waals surface area contributed by atoms with Gasteiger partial charge in [0.15, 0.2) is 11.1 Å². The van der Waals surface area contributed by atoms with Crippen LogP contribution in [-0.2, 0) is 16.5 Å². The highest BCUT2D eigenvalue weighted by Crippen LogP contribution is 2.48. The summed E-state index contributed by atoms with van der Waals surface area (Å²) in [5.41, 5.74) is 4.71. The predicted molar refractivity (Wildman–Crippen MR) is 73.0 cm³/mol. The largest absolute Gasteiger partial charge is 0.302 e. The molecule has 1 unspecified atom stereocenters. The zero-order valence-electron chi connectivity index (χ0n) is 10.3. The lowest BCUT2D eigenvalue weighted by Gasteiger charge is -2.21. The quantitative estimate of drug-likeness (QED) is 0.794. The monoisotopic (exact) mass is 258 g/mol. The van der Waals surface area contributed by atoms with E-state index in [0.29, 0.717) is 4.90 Å². The van der Waals surface area contributed by atoms with E-state index in [1.807, 2.05) is 24.3 Å². The summed E-state index contributed by atoms with van der Waals surface area (Å²) < 4.78 is 20.4. The minimum atomic E-state index is -1.92. The van der Waals surface area contributed by atoms with Gasteiger partial charge in [0.2, 0.25) is 0 Å². The van der Waals surface area contributed by atoms with Crippen molar-refractivity contribution in [3.8, 4) is 11.1 Å². The second kappa shape index (κ2) is 3.77. The van der Waals surface area contributed by atoms with Crippen LogP contribution in [0.2, 0.25) is 0 Å². The van der Waals surface area contributed by atoms with Gasteiger partial charge in [0.1, 0.15) is 0 Å². The summed E-state index contributed by atoms with van der Waals surface area (Å²) in [6.07, 6.45) is 0. The van der Waals surface area contributed by atoms with Gasteiger partial charge >= 0.3 is 0 Å². The molecule has 2 aromatic carbocycles. The van der Waals surface area contributed by atoms with Gasteiger partial charge < -0.3 is 4.55 Å². The maximum atomic E-state index is 11.2. The van der Waals surface area contributed by atoms with E-state index >= 15 is 0 Å². The summed E-state index contributed by atoms with van der Waals surface area (Å²) in [4.78, 5) is 0.459. The number of rotatable bonds is 1. The molecule has 0 heterocycles. The van der Waals surface area contributed by atoms with Gasteiger partial charge in [-0.1, -0.05) is 44.2 Å². The lowest BCUT2D eigenvalue weighted by Crippen LogP contribution is -2.14. The molecule has 0 spiro atoms. The molecule has 1 atom stereocenters. The molecule has 1 aliphatic rings. The minimum absolute atomic E-state index is 0.0403. The van der Waals surface area contributed by atoms with Crippen LogP contribution in [0.25, 0.3) is 11.1 Å². The van der Waals surface area contributed by atoms with Crippen LogP contribution in [0.4, 0.5) is 0 Å². The molecule has 2 aromatic rings. The van der Waals surface area contributed by atoms with Gasteiger partial charge in [-0.25, -0.2) is 4.21 Å². The molecule has 1 aliphatic carbocycles. The SMILES string of the molecule is CC1(C)c2ccccc2-c2cc(S(=O)O)ccc21. The molecular formula is C15H14O2S. The Bertz CT molecular complexity index is 659. The van der Waals surface area contributed by atoms with E-state index in [-0.39, 0.29) is 5.41 Å². The Balaban J connectivity index is 2.33. The summed E-state index contributed by atoms with van der Waals surface area (Å²) in [6, 6.07) is 13.8. The molecule has 0 saturated heterocycles. The third-order valence-electron chi connectivity index (χ3n) is 3.76. The minimum Gasteiger partial charge on any atom is -0.302 e. The van der Waals surface area contributed by atoms with Crippen LogP contribution in [0.15, 0.2) is 47.4 Å². The zero-order chi connectivity index (χ0) is 12.9. The average molecular weight is 258 g/mol. The van der Waals surface area contributed by atoms with E-state index in [0.717, 1.165) is 5.56 Å². The maximum absolute atomic E-state index is 11.2. The third kappa shape index (κ3) is 1.48. The number of hydrogen-bond acceptors (Lipinski definition) is 1. The van der Waals surface area contributed by atoms with E-state index in [9.17, 15) is 8.76 Å². The van der Waals surface area contributed by atoms with Crippen LogP contribution in [0.3, 0.4) is 0 Å². The molecule has 3 heteroatoms. The third-order valence-corrected chi connectivity index (χ3v) is 4.41. The molecule has 1 N–H and O–H groups in total. The van der Waals surface area contributed by atoms with E-state index in [4.69, 9.17) is 0 Å². The molecule has 0 fully saturated rings. The average Bonchev–Trinajstić information content (AvgIpc) is 2.59. The predicted octanol–water partition coefficient (Wildman–Crippen LogP) is 3.57. The molecule has 2 nitrogen and oxygen atoms in total. The second-order valence-corrected chi connectivity index (χ2v) is 6.10. The molecule has 18 heavy (non-hydrogen) atoms. The fraction of sp³-hybridized carbons (Fsp3) is 0.200. The van der Waals surface area contributed by atoms with Crippen molar-refractivity contribution in [1.82, 2.24) is 0 Å². The number of hydrogen-bond donors (Lipinski definition) is 1. The lowest BCUT2D eigenvalue weighted by atomic mass is 9.82. The summed E-state index contributed by atoms with van der Waals surface area (Å²) in [6.45, 7) is 4.38. The Morgan fingerprint density at radius 3 is 2.39 bits per heavy atom. The first kappa shape index (κ1) is 11.6. The summed E-state index contributed by atoms with van der Waals surface area (Å²) in [5.74, 6) is 0. The molecule has 0 bridgehead atoms. The molecule has 0 aromatic heterocycles. The summed E-state index contributed by atoms with van der Waals surface area (Å²) >= 11 is -1.92. The van der Waals surface area contributed by atoms with Crippen LogP contribution in [0.1, 0.15) is 25.0 Å². The first-order chi connectivity index (χ1) is 8.51. The van der Waals surface area contributed by atoms with Crippen LogP contribution in [0, 0.1) is 0 Å². The molecule has 0 amide bonds. The highest BCUT2D eigenvalue weighted by atomic mass is 32.2. The Hall–Kier alpha value is -1.45. The zero-order valence-corrected chi connectivity index (χ0v) is 11.1. The van der Waals surface area contributed by atoms with E-state index in [2.05, 4.69) is 26.0 Å². The van der Waals surface area contributed by atoms with Gasteiger partial charge in [-0.05, 0) is 34.4 Å². The topological polar surface area (TPSA) is 37.3 Å². The number of benzene rings is 2. The smallest absolute Gasteiger partial charge is 0.186 e. The molecule has 0 saturated carbocycles. The van der Waals surface area contributed by atoms with Crippen molar-refractivity contribution in [2.24, 2.45) is 0 Å². The van der Waals surface area contributed by atoms with Gasteiger partial charge in [-0.15, -0.1) is 0 Å². The highest BCUT2D eigenvalue weighted by molar-refractivity contribution is 7.79. The maximum Gasteiger partial charge on any atom is 0.186 e. The normalized spacial score (nSPS) is 17.1. The Morgan fingerprint density at radius 2 is 1.67 bits per heavy atom. The van der Waals surface area contributed by atoms with Crippen molar-refractivity contribution in [2.75, 3.05) is 0 Å². The Kier molecular flexibility index (Phi) is 2.44. The standard InChI is InChI=1S/C15H14O2S/c1-15(2)13-6-4-3-5-11(13)12-9-10(18(16)17)7-8-14(12)15/h3-9H,1-2H3,(H,16,17). The van der Waals surface area contributed by atoms with Crippen LogP contribution in [-0.4, -0.2) is 8.76 Å². The fourth-order valence-electron chi connectivity index (χ4n) is 2.81. The summed E-state index contributed by atoms with van der Waals surface area (Å²) in [5, 5.41) is 0. The van der Waals surface area contributed by atoms with Crippen LogP contribution >= 0.6 is 0 Å². The first-order valence-corrected chi connectivity index (χ1v) is 6.98. The Labute approximate surface area is 109 Å². The van der Waals surface area contributed by atoms with Gasteiger partial charge in [0.05, 0.1) is 4.90 Å². The molecule has 92 valence electrons. The van der Waals surface area contributed by atoms with E-state index < -0.39 is 11.1 Å². The molecule has 0 aliphatic heterocycles. The highest BCUT2D eigenvalue weighted by Gasteiger charge is 2.35. The van der Waals surface area contributed by atoms with Crippen molar-refractivity contribution in [2.45, 2.75) is 24.2 Å². The van der Waals surface area contributed by atoms with Crippen molar-refractivity contribution < 1.29 is 8.76 Å². The van der Waals surface area contributed by atoms with Gasteiger partial charge in [-0.3, -0.25) is 0 Å².